The molecule has 10 heteroatoms. The molecule has 1 heterocycles. The lowest BCUT2D eigenvalue weighted by Crippen LogP contribution is -2.23. The van der Waals surface area contributed by atoms with Crippen LogP contribution in [0.4, 0.5) is 14.5 Å². The maximum atomic E-state index is 13.7. The van der Waals surface area contributed by atoms with Crippen LogP contribution in [0.15, 0.2) is 23.4 Å². The van der Waals surface area contributed by atoms with E-state index in [0.717, 1.165) is 18.9 Å². The second-order valence-corrected chi connectivity index (χ2v) is 7.65. The van der Waals surface area contributed by atoms with Crippen LogP contribution in [0.5, 0.6) is 0 Å². The van der Waals surface area contributed by atoms with Gasteiger partial charge in [0.15, 0.2) is 5.16 Å². The van der Waals surface area contributed by atoms with Crippen LogP contribution in [0.25, 0.3) is 0 Å². The standard InChI is InChI=1S/C17H19F2N5O2S/c1-9(16(26)21-13-5-2-10(18)8-12(13)19)27-17-23-22-15(7-6-14(20)25)24(17)11-3-4-11/h2,5,8-9,11H,3-4,6-7H2,1H3,(H2,20,25)(H,21,26). The highest BCUT2D eigenvalue weighted by Gasteiger charge is 2.31. The zero-order valence-corrected chi connectivity index (χ0v) is 15.4. The first kappa shape index (κ1) is 19.3. The van der Waals surface area contributed by atoms with Crippen LogP contribution in [0.3, 0.4) is 0 Å². The highest BCUT2D eigenvalue weighted by Crippen LogP contribution is 2.39. The Morgan fingerprint density at radius 2 is 2.11 bits per heavy atom. The van der Waals surface area contributed by atoms with Gasteiger partial charge in [0.1, 0.15) is 17.5 Å². The number of aromatic nitrogens is 3. The van der Waals surface area contributed by atoms with Gasteiger partial charge in [-0.3, -0.25) is 9.59 Å². The number of nitrogens with zero attached hydrogens (tertiary/aromatic N) is 3. The molecule has 3 N–H and O–H groups in total. The second kappa shape index (κ2) is 8.03. The number of carbonyl (C=O) groups excluding carboxylic acids is 2. The van der Waals surface area contributed by atoms with Crippen molar-refractivity contribution in [3.05, 3.63) is 35.7 Å². The van der Waals surface area contributed by atoms with E-state index in [9.17, 15) is 18.4 Å². The quantitative estimate of drug-likeness (QED) is 0.668. The molecule has 7 nitrogen and oxygen atoms in total. The van der Waals surface area contributed by atoms with Crippen LogP contribution in [-0.2, 0) is 16.0 Å². The molecular weight excluding hydrogens is 376 g/mol. The van der Waals surface area contributed by atoms with E-state index < -0.39 is 28.7 Å². The number of aryl methyl sites for hydroxylation is 1. The fourth-order valence-electron chi connectivity index (χ4n) is 2.53. The molecular formula is C17H19F2N5O2S. The number of rotatable bonds is 8. The summed E-state index contributed by atoms with van der Waals surface area (Å²) in [6.45, 7) is 1.66. The van der Waals surface area contributed by atoms with Crippen molar-refractivity contribution < 1.29 is 18.4 Å². The third kappa shape index (κ3) is 4.82. The van der Waals surface area contributed by atoms with Gasteiger partial charge in [0.05, 0.1) is 10.9 Å². The number of benzene rings is 1. The normalized spacial score (nSPS) is 14.8. The number of carbonyl (C=O) groups is 2. The molecule has 0 radical (unpaired) electrons. The van der Waals surface area contributed by atoms with Gasteiger partial charge in [-0.25, -0.2) is 8.78 Å². The summed E-state index contributed by atoms with van der Waals surface area (Å²) in [4.78, 5) is 23.4. The van der Waals surface area contributed by atoms with Crippen molar-refractivity contribution >= 4 is 29.3 Å². The van der Waals surface area contributed by atoms with E-state index in [2.05, 4.69) is 15.5 Å². The molecule has 2 amide bonds. The Balaban J connectivity index is 1.68. The fourth-order valence-corrected chi connectivity index (χ4v) is 3.47. The Morgan fingerprint density at radius 1 is 1.37 bits per heavy atom. The minimum Gasteiger partial charge on any atom is -0.370 e. The number of anilines is 1. The lowest BCUT2D eigenvalue weighted by Gasteiger charge is -2.13. The topological polar surface area (TPSA) is 103 Å². The van der Waals surface area contributed by atoms with Crippen molar-refractivity contribution in [2.75, 3.05) is 5.32 Å². The highest BCUT2D eigenvalue weighted by atomic mass is 32.2. The number of hydrogen-bond acceptors (Lipinski definition) is 5. The predicted molar refractivity (Wildman–Crippen MR) is 96.1 cm³/mol. The lowest BCUT2D eigenvalue weighted by atomic mass is 10.3. The van der Waals surface area contributed by atoms with Crippen LogP contribution in [0.1, 0.15) is 38.1 Å². The molecule has 0 bridgehead atoms. The lowest BCUT2D eigenvalue weighted by molar-refractivity contribution is -0.118. The molecule has 1 aromatic carbocycles. The summed E-state index contributed by atoms with van der Waals surface area (Å²) in [5.41, 5.74) is 5.11. The minimum absolute atomic E-state index is 0.0837. The second-order valence-electron chi connectivity index (χ2n) is 6.34. The summed E-state index contributed by atoms with van der Waals surface area (Å²) >= 11 is 1.19. The smallest absolute Gasteiger partial charge is 0.237 e. The summed E-state index contributed by atoms with van der Waals surface area (Å²) < 4.78 is 28.6. The number of nitrogens with two attached hydrogens (primary N) is 1. The molecule has 1 aliphatic carbocycles. The molecule has 1 saturated carbocycles. The summed E-state index contributed by atoms with van der Waals surface area (Å²) in [7, 11) is 0. The Bertz CT molecular complexity index is 869. The molecule has 0 spiro atoms. The molecule has 1 aliphatic rings. The third-order valence-corrected chi connectivity index (χ3v) is 5.14. The number of nitrogens with one attached hydrogen (secondary N) is 1. The van der Waals surface area contributed by atoms with Crippen molar-refractivity contribution in [1.82, 2.24) is 14.8 Å². The van der Waals surface area contributed by atoms with Gasteiger partial charge in [-0.05, 0) is 31.9 Å². The Morgan fingerprint density at radius 3 is 2.74 bits per heavy atom. The van der Waals surface area contributed by atoms with E-state index in [1.165, 1.54) is 17.8 Å². The molecule has 144 valence electrons. The van der Waals surface area contributed by atoms with E-state index in [-0.39, 0.29) is 18.2 Å². The Hall–Kier alpha value is -2.49. The van der Waals surface area contributed by atoms with Crippen molar-refractivity contribution in [3.8, 4) is 0 Å². The number of thioether (sulfide) groups is 1. The van der Waals surface area contributed by atoms with Crippen LogP contribution in [0, 0.1) is 11.6 Å². The van der Waals surface area contributed by atoms with Crippen LogP contribution in [-0.4, -0.2) is 31.8 Å². The number of amides is 2. The van der Waals surface area contributed by atoms with Gasteiger partial charge in [-0.2, -0.15) is 0 Å². The molecule has 1 atom stereocenters. The average molecular weight is 395 g/mol. The Labute approximate surface area is 158 Å². The summed E-state index contributed by atoms with van der Waals surface area (Å²) in [5.74, 6) is -1.74. The minimum atomic E-state index is -0.838. The van der Waals surface area contributed by atoms with Gasteiger partial charge in [0, 0.05) is 24.9 Å². The zero-order valence-electron chi connectivity index (χ0n) is 14.6. The van der Waals surface area contributed by atoms with Gasteiger partial charge >= 0.3 is 0 Å². The van der Waals surface area contributed by atoms with E-state index in [0.29, 0.717) is 23.5 Å². The first-order chi connectivity index (χ1) is 12.8. The first-order valence-electron chi connectivity index (χ1n) is 8.50. The van der Waals surface area contributed by atoms with E-state index >= 15 is 0 Å². The molecule has 2 aromatic rings. The molecule has 1 aromatic heterocycles. The molecule has 27 heavy (non-hydrogen) atoms. The van der Waals surface area contributed by atoms with E-state index in [1.54, 1.807) is 6.92 Å². The van der Waals surface area contributed by atoms with Gasteiger partial charge in [-0.15, -0.1) is 10.2 Å². The van der Waals surface area contributed by atoms with Crippen LogP contribution in [0.2, 0.25) is 0 Å². The van der Waals surface area contributed by atoms with E-state index in [4.69, 9.17) is 5.73 Å². The zero-order chi connectivity index (χ0) is 19.6. The molecule has 3 rings (SSSR count). The average Bonchev–Trinajstić information content (AvgIpc) is 3.36. The van der Waals surface area contributed by atoms with Crippen molar-refractivity contribution in [2.45, 2.75) is 49.1 Å². The molecule has 1 unspecified atom stereocenters. The summed E-state index contributed by atoms with van der Waals surface area (Å²) in [5, 5.41) is 10.7. The summed E-state index contributed by atoms with van der Waals surface area (Å²) in [6.07, 6.45) is 2.53. The molecule has 1 fully saturated rings. The number of primary amides is 1. The fraction of sp³-hybridized carbons (Fsp3) is 0.412. The Kier molecular flexibility index (Phi) is 5.73. The van der Waals surface area contributed by atoms with Gasteiger partial charge < -0.3 is 15.6 Å². The third-order valence-electron chi connectivity index (χ3n) is 4.08. The van der Waals surface area contributed by atoms with Crippen molar-refractivity contribution in [2.24, 2.45) is 5.73 Å². The predicted octanol–water partition coefficient (Wildman–Crippen LogP) is 2.43. The van der Waals surface area contributed by atoms with Crippen molar-refractivity contribution in [1.29, 1.82) is 0 Å². The van der Waals surface area contributed by atoms with E-state index in [1.807, 2.05) is 4.57 Å². The molecule has 0 saturated heterocycles. The maximum Gasteiger partial charge on any atom is 0.237 e. The monoisotopic (exact) mass is 395 g/mol. The van der Waals surface area contributed by atoms with Gasteiger partial charge in [-0.1, -0.05) is 11.8 Å². The number of hydrogen-bond donors (Lipinski definition) is 2. The maximum absolute atomic E-state index is 13.7. The first-order valence-corrected chi connectivity index (χ1v) is 9.37. The van der Waals surface area contributed by atoms with Gasteiger partial charge in [0.2, 0.25) is 11.8 Å². The van der Waals surface area contributed by atoms with Crippen LogP contribution >= 0.6 is 11.8 Å². The SMILES string of the molecule is CC(Sc1nnc(CCC(N)=O)n1C1CC1)C(=O)Nc1ccc(F)cc1F. The van der Waals surface area contributed by atoms with Crippen LogP contribution < -0.4 is 11.1 Å². The largest absolute Gasteiger partial charge is 0.370 e. The summed E-state index contributed by atoms with van der Waals surface area (Å²) in [6, 6.07) is 3.22. The highest BCUT2D eigenvalue weighted by molar-refractivity contribution is 8.00. The number of halogens is 2. The molecule has 0 aliphatic heterocycles. The van der Waals surface area contributed by atoms with Crippen molar-refractivity contribution in [3.63, 3.8) is 0 Å². The van der Waals surface area contributed by atoms with Gasteiger partial charge in [0.25, 0.3) is 0 Å².